The molecule has 0 radical (unpaired) electrons. The van der Waals surface area contributed by atoms with Gasteiger partial charge in [0.2, 0.25) is 0 Å². The Morgan fingerprint density at radius 1 is 0.311 bits per heavy atom. The highest BCUT2D eigenvalue weighted by Crippen LogP contribution is 2.45. The average Bonchev–Trinajstić information content (AvgIpc) is 2.70. The normalized spacial score (nSPS) is 14.4. The molecular formula is C71H138O17P2. The Hall–Kier alpha value is -1.94. The van der Waals surface area contributed by atoms with E-state index in [-0.39, 0.29) is 25.7 Å². The van der Waals surface area contributed by atoms with Crippen molar-refractivity contribution in [2.75, 3.05) is 39.6 Å². The van der Waals surface area contributed by atoms with Crippen LogP contribution in [0.1, 0.15) is 369 Å². The lowest BCUT2D eigenvalue weighted by Gasteiger charge is -2.21. The molecule has 0 saturated heterocycles. The first-order valence-corrected chi connectivity index (χ1v) is 40.2. The lowest BCUT2D eigenvalue weighted by molar-refractivity contribution is -0.161. The molecule has 0 aliphatic carbocycles. The minimum absolute atomic E-state index is 0.106. The van der Waals surface area contributed by atoms with Crippen LogP contribution in [0.3, 0.4) is 0 Å². The molecule has 0 bridgehead atoms. The summed E-state index contributed by atoms with van der Waals surface area (Å²) in [5.74, 6) is -1.35. The summed E-state index contributed by atoms with van der Waals surface area (Å²) in [6, 6.07) is 0. The van der Waals surface area contributed by atoms with Crippen molar-refractivity contribution < 1.29 is 80.2 Å². The fourth-order valence-corrected chi connectivity index (χ4v) is 12.4. The number of carbonyl (C=O) groups is 4. The van der Waals surface area contributed by atoms with Crippen LogP contribution in [0, 0.1) is 5.92 Å². The molecule has 0 amide bonds. The molecule has 0 saturated carbocycles. The summed E-state index contributed by atoms with van der Waals surface area (Å²) in [5.41, 5.74) is 0. The molecule has 0 aliphatic heterocycles. The standard InChI is InChI=1S/C71H138O17P2/c1-6-10-13-16-19-21-23-24-25-26-27-28-29-30-31-32-33-35-42-47-52-57-71(76)88-67(61-82-69(74)55-50-45-40-37-36-39-43-48-53-64(5)9-4)63-86-90(79,80)84-59-65(72)58-83-89(77,78)85-62-66(60-81-68(73)54-49-44-38-18-15-12-8-3)87-70(75)56-51-46-41-34-22-20-17-14-11-7-2/h64-67,72H,6-63H2,1-5H3,(H,77,78)(H,79,80)/t64?,65-,66+,67+/m0/s1. The number of phosphoric acid groups is 2. The van der Waals surface area contributed by atoms with Crippen LogP contribution in [0.2, 0.25) is 0 Å². The smallest absolute Gasteiger partial charge is 0.462 e. The van der Waals surface area contributed by atoms with E-state index >= 15 is 0 Å². The third-order valence-electron chi connectivity index (χ3n) is 16.9. The van der Waals surface area contributed by atoms with E-state index in [2.05, 4.69) is 34.6 Å². The van der Waals surface area contributed by atoms with E-state index in [1.54, 1.807) is 0 Å². The van der Waals surface area contributed by atoms with Gasteiger partial charge in [-0.3, -0.25) is 37.3 Å². The molecule has 0 fully saturated rings. The number of phosphoric ester groups is 2. The second-order valence-electron chi connectivity index (χ2n) is 25.9. The number of unbranched alkanes of at least 4 members (excludes halogenated alkanes) is 42. The lowest BCUT2D eigenvalue weighted by Crippen LogP contribution is -2.30. The summed E-state index contributed by atoms with van der Waals surface area (Å²) in [6.07, 6.45) is 51.6. The minimum Gasteiger partial charge on any atom is -0.462 e. The maximum absolute atomic E-state index is 13.0. The van der Waals surface area contributed by atoms with E-state index in [4.69, 9.17) is 37.0 Å². The monoisotopic (exact) mass is 1320 g/mol. The molecule has 0 aromatic rings. The molecule has 3 unspecified atom stereocenters. The van der Waals surface area contributed by atoms with Crippen LogP contribution in [0.25, 0.3) is 0 Å². The van der Waals surface area contributed by atoms with Crippen LogP contribution in [0.5, 0.6) is 0 Å². The third kappa shape index (κ3) is 63.5. The Morgan fingerprint density at radius 3 is 0.789 bits per heavy atom. The van der Waals surface area contributed by atoms with Crippen molar-refractivity contribution in [2.45, 2.75) is 387 Å². The molecular weight excluding hydrogens is 1190 g/mol. The van der Waals surface area contributed by atoms with Gasteiger partial charge >= 0.3 is 39.5 Å². The van der Waals surface area contributed by atoms with Crippen LogP contribution in [-0.2, 0) is 65.4 Å². The maximum atomic E-state index is 13.0. The van der Waals surface area contributed by atoms with E-state index in [0.717, 1.165) is 109 Å². The van der Waals surface area contributed by atoms with Gasteiger partial charge in [-0.05, 0) is 31.6 Å². The molecule has 90 heavy (non-hydrogen) atoms. The van der Waals surface area contributed by atoms with Crippen LogP contribution < -0.4 is 0 Å². The summed E-state index contributed by atoms with van der Waals surface area (Å²) < 4.78 is 68.2. The van der Waals surface area contributed by atoms with E-state index in [0.29, 0.717) is 25.7 Å². The minimum atomic E-state index is -4.95. The summed E-state index contributed by atoms with van der Waals surface area (Å²) >= 11 is 0. The number of aliphatic hydroxyl groups excluding tert-OH is 1. The Labute approximate surface area is 549 Å². The number of ether oxygens (including phenoxy) is 4. The molecule has 3 N–H and O–H groups in total. The zero-order valence-electron chi connectivity index (χ0n) is 58.3. The number of hydrogen-bond donors (Lipinski definition) is 3. The predicted molar refractivity (Wildman–Crippen MR) is 363 cm³/mol. The summed E-state index contributed by atoms with van der Waals surface area (Å²) in [6.45, 7) is 7.20. The van der Waals surface area contributed by atoms with Gasteiger partial charge in [-0.1, -0.05) is 317 Å². The average molecular weight is 1330 g/mol. The maximum Gasteiger partial charge on any atom is 0.472 e. The fourth-order valence-electron chi connectivity index (χ4n) is 10.8. The lowest BCUT2D eigenvalue weighted by atomic mass is 9.99. The molecule has 0 aromatic heterocycles. The van der Waals surface area contributed by atoms with Crippen LogP contribution in [0.15, 0.2) is 0 Å². The first-order chi connectivity index (χ1) is 43.6. The van der Waals surface area contributed by atoms with Crippen LogP contribution in [0.4, 0.5) is 0 Å². The fraction of sp³-hybridized carbons (Fsp3) is 0.944. The Bertz CT molecular complexity index is 1740. The molecule has 0 rings (SSSR count). The van der Waals surface area contributed by atoms with Crippen molar-refractivity contribution in [3.05, 3.63) is 0 Å². The second kappa shape index (κ2) is 64.4. The zero-order chi connectivity index (χ0) is 66.3. The number of rotatable bonds is 71. The van der Waals surface area contributed by atoms with Gasteiger partial charge in [-0.25, -0.2) is 9.13 Å². The summed E-state index contributed by atoms with van der Waals surface area (Å²) in [4.78, 5) is 72.4. The molecule has 0 aliphatic rings. The first-order valence-electron chi connectivity index (χ1n) is 37.2. The summed E-state index contributed by atoms with van der Waals surface area (Å²) in [5, 5.41) is 10.6. The highest BCUT2D eigenvalue weighted by atomic mass is 31.2. The second-order valence-corrected chi connectivity index (χ2v) is 28.8. The SMILES string of the molecule is CCCCCCCCCCCCCCCCCCCCCCCC(=O)O[C@H](COC(=O)CCCCCCCCCCC(C)CC)COP(=O)(O)OC[C@@H](O)COP(=O)(O)OC[C@@H](COC(=O)CCCCCCCCC)OC(=O)CCCCCCCCCCCC. The first kappa shape index (κ1) is 88.1. The Balaban J connectivity index is 5.14. The van der Waals surface area contributed by atoms with Gasteiger partial charge in [-0.2, -0.15) is 0 Å². The molecule has 534 valence electrons. The van der Waals surface area contributed by atoms with Crippen LogP contribution in [-0.4, -0.2) is 96.7 Å². The number of carbonyl (C=O) groups excluding carboxylic acids is 4. The van der Waals surface area contributed by atoms with Crippen molar-refractivity contribution in [1.82, 2.24) is 0 Å². The van der Waals surface area contributed by atoms with Crippen molar-refractivity contribution in [2.24, 2.45) is 5.92 Å². The summed E-state index contributed by atoms with van der Waals surface area (Å²) in [7, 11) is -9.89. The van der Waals surface area contributed by atoms with E-state index in [9.17, 15) is 43.2 Å². The van der Waals surface area contributed by atoms with Gasteiger partial charge in [0.1, 0.15) is 19.3 Å². The zero-order valence-corrected chi connectivity index (χ0v) is 60.1. The molecule has 0 spiro atoms. The van der Waals surface area contributed by atoms with Crippen LogP contribution >= 0.6 is 15.6 Å². The van der Waals surface area contributed by atoms with Crippen molar-refractivity contribution in [1.29, 1.82) is 0 Å². The molecule has 0 aromatic carbocycles. The number of esters is 4. The number of aliphatic hydroxyl groups is 1. The van der Waals surface area contributed by atoms with Crippen molar-refractivity contribution in [3.63, 3.8) is 0 Å². The van der Waals surface area contributed by atoms with Gasteiger partial charge < -0.3 is 33.8 Å². The molecule has 19 heteroatoms. The van der Waals surface area contributed by atoms with Gasteiger partial charge in [0.05, 0.1) is 26.4 Å². The quantitative estimate of drug-likeness (QED) is 0.0222. The predicted octanol–water partition coefficient (Wildman–Crippen LogP) is 20.5. The van der Waals surface area contributed by atoms with Gasteiger partial charge in [0.15, 0.2) is 12.2 Å². The Morgan fingerprint density at radius 2 is 0.533 bits per heavy atom. The van der Waals surface area contributed by atoms with Gasteiger partial charge in [0, 0.05) is 25.7 Å². The number of hydrogen-bond acceptors (Lipinski definition) is 15. The van der Waals surface area contributed by atoms with Gasteiger partial charge in [0.25, 0.3) is 0 Å². The molecule has 17 nitrogen and oxygen atoms in total. The third-order valence-corrected chi connectivity index (χ3v) is 18.8. The van der Waals surface area contributed by atoms with E-state index in [1.807, 2.05) is 0 Å². The van der Waals surface area contributed by atoms with E-state index in [1.165, 1.54) is 180 Å². The van der Waals surface area contributed by atoms with E-state index < -0.39 is 97.5 Å². The Kier molecular flexibility index (Phi) is 63.0. The largest absolute Gasteiger partial charge is 0.472 e. The van der Waals surface area contributed by atoms with Gasteiger partial charge in [-0.15, -0.1) is 0 Å². The molecule has 0 heterocycles. The molecule has 6 atom stereocenters. The topological polar surface area (TPSA) is 237 Å². The highest BCUT2D eigenvalue weighted by molar-refractivity contribution is 7.47. The van der Waals surface area contributed by atoms with Crippen molar-refractivity contribution >= 4 is 39.5 Å². The van der Waals surface area contributed by atoms with Crippen molar-refractivity contribution in [3.8, 4) is 0 Å². The highest BCUT2D eigenvalue weighted by Gasteiger charge is 2.30.